The number of aromatic nitrogens is 1. The second-order valence-corrected chi connectivity index (χ2v) is 13.8. The summed E-state index contributed by atoms with van der Waals surface area (Å²) >= 11 is 1.75. The summed E-state index contributed by atoms with van der Waals surface area (Å²) in [5.74, 6) is 0. The molecule has 0 saturated heterocycles. The number of rotatable bonds is 5. The van der Waals surface area contributed by atoms with Gasteiger partial charge in [-0.05, 0) is 109 Å². The molecule has 0 saturated carbocycles. The second-order valence-electron chi connectivity index (χ2n) is 12.8. The SMILES string of the molecule is c1ccc(-c2ccc(N(c3ccc(-c4cc5ccc6ccccc6c5c5ccccc45)cc3)c3cccc4sc5ncccc5c34)cc2)cc1. The lowest BCUT2D eigenvalue weighted by atomic mass is 9.90. The molecule has 2 heterocycles. The number of benzene rings is 8. The average Bonchev–Trinajstić information content (AvgIpc) is 3.58. The van der Waals surface area contributed by atoms with Gasteiger partial charge in [-0.2, -0.15) is 0 Å². The Labute approximate surface area is 294 Å². The zero-order chi connectivity index (χ0) is 33.0. The molecule has 0 aliphatic heterocycles. The topological polar surface area (TPSA) is 16.1 Å². The van der Waals surface area contributed by atoms with Gasteiger partial charge in [-0.3, -0.25) is 0 Å². The molecule has 10 rings (SSSR count). The summed E-state index contributed by atoms with van der Waals surface area (Å²) in [4.78, 5) is 8.17. The fourth-order valence-electron chi connectivity index (χ4n) is 7.60. The van der Waals surface area contributed by atoms with Crippen molar-refractivity contribution in [3.05, 3.63) is 182 Å². The van der Waals surface area contributed by atoms with E-state index in [4.69, 9.17) is 4.98 Å². The maximum atomic E-state index is 4.72. The minimum atomic E-state index is 1.06. The monoisotopic (exact) mass is 654 g/mol. The van der Waals surface area contributed by atoms with E-state index in [9.17, 15) is 0 Å². The Balaban J connectivity index is 1.15. The molecule has 2 nitrogen and oxygen atoms in total. The van der Waals surface area contributed by atoms with E-state index in [-0.39, 0.29) is 0 Å². The van der Waals surface area contributed by atoms with Crippen LogP contribution >= 0.6 is 11.3 Å². The van der Waals surface area contributed by atoms with Crippen LogP contribution in [0.3, 0.4) is 0 Å². The maximum absolute atomic E-state index is 4.72. The van der Waals surface area contributed by atoms with Crippen molar-refractivity contribution in [2.24, 2.45) is 0 Å². The molecule has 0 aliphatic rings. The van der Waals surface area contributed by atoms with Crippen molar-refractivity contribution in [1.29, 1.82) is 0 Å². The van der Waals surface area contributed by atoms with Crippen LogP contribution < -0.4 is 4.90 Å². The molecular weight excluding hydrogens is 625 g/mol. The number of thiophene rings is 1. The van der Waals surface area contributed by atoms with Crippen LogP contribution in [0.4, 0.5) is 17.1 Å². The molecule has 0 amide bonds. The number of fused-ring (bicyclic) bond motifs is 8. The molecule has 0 radical (unpaired) electrons. The molecular formula is C47H30N2S. The quantitative estimate of drug-likeness (QED) is 0.172. The highest BCUT2D eigenvalue weighted by atomic mass is 32.1. The molecule has 10 aromatic rings. The summed E-state index contributed by atoms with van der Waals surface area (Å²) in [6, 6.07) is 63.8. The summed E-state index contributed by atoms with van der Waals surface area (Å²) < 4.78 is 1.23. The molecule has 2 aromatic heterocycles. The Morgan fingerprint density at radius 3 is 1.86 bits per heavy atom. The zero-order valence-electron chi connectivity index (χ0n) is 27.1. The highest BCUT2D eigenvalue weighted by Gasteiger charge is 2.19. The van der Waals surface area contributed by atoms with Crippen LogP contribution in [-0.2, 0) is 0 Å². The first kappa shape index (κ1) is 28.7. The van der Waals surface area contributed by atoms with E-state index in [1.165, 1.54) is 70.0 Å². The summed E-state index contributed by atoms with van der Waals surface area (Å²) in [7, 11) is 0. The van der Waals surface area contributed by atoms with Crippen molar-refractivity contribution in [3.63, 3.8) is 0 Å². The van der Waals surface area contributed by atoms with E-state index in [0.717, 1.165) is 21.9 Å². The van der Waals surface area contributed by atoms with Crippen LogP contribution in [0.25, 0.3) is 74.9 Å². The summed E-state index contributed by atoms with van der Waals surface area (Å²) in [5.41, 5.74) is 8.20. The average molecular weight is 655 g/mol. The standard InChI is InChI=1S/C47H30N2S/c1-2-10-31(11-3-1)32-21-25-36(26-22-32)49(43-17-8-18-44-46(43)41-16-9-29-48-47(41)50-44)37-27-23-34(24-28-37)42-30-35-20-19-33-12-4-5-13-38(33)45(35)40-15-7-6-14-39(40)42/h1-30H. The normalized spacial score (nSPS) is 11.6. The van der Waals surface area contributed by atoms with Gasteiger partial charge < -0.3 is 4.90 Å². The number of hydrogen-bond acceptors (Lipinski definition) is 3. The van der Waals surface area contributed by atoms with Crippen molar-refractivity contribution in [2.45, 2.75) is 0 Å². The van der Waals surface area contributed by atoms with Gasteiger partial charge in [0.05, 0.1) is 5.69 Å². The van der Waals surface area contributed by atoms with Crippen LogP contribution in [-0.4, -0.2) is 4.98 Å². The molecule has 0 bridgehead atoms. The number of pyridine rings is 1. The molecule has 0 fully saturated rings. The van der Waals surface area contributed by atoms with Crippen LogP contribution in [0.15, 0.2) is 182 Å². The van der Waals surface area contributed by atoms with E-state index in [1.54, 1.807) is 11.3 Å². The Bertz CT molecular complexity index is 2850. The maximum Gasteiger partial charge on any atom is 0.124 e. The zero-order valence-corrected chi connectivity index (χ0v) is 27.9. The molecule has 0 unspecified atom stereocenters. The lowest BCUT2D eigenvalue weighted by Crippen LogP contribution is -2.10. The predicted octanol–water partition coefficient (Wildman–Crippen LogP) is 13.7. The van der Waals surface area contributed by atoms with E-state index in [2.05, 4.69) is 175 Å². The molecule has 234 valence electrons. The highest BCUT2D eigenvalue weighted by molar-refractivity contribution is 7.25. The van der Waals surface area contributed by atoms with E-state index >= 15 is 0 Å². The van der Waals surface area contributed by atoms with Gasteiger partial charge in [-0.25, -0.2) is 4.98 Å². The van der Waals surface area contributed by atoms with Crippen LogP contribution in [0.5, 0.6) is 0 Å². The third-order valence-electron chi connectivity index (χ3n) is 9.91. The number of nitrogens with zero attached hydrogens (tertiary/aromatic N) is 2. The van der Waals surface area contributed by atoms with Gasteiger partial charge in [0.15, 0.2) is 0 Å². The molecule has 0 spiro atoms. The van der Waals surface area contributed by atoms with Gasteiger partial charge in [0.2, 0.25) is 0 Å². The van der Waals surface area contributed by atoms with Crippen molar-refractivity contribution in [2.75, 3.05) is 4.90 Å². The van der Waals surface area contributed by atoms with Crippen LogP contribution in [0.2, 0.25) is 0 Å². The Morgan fingerprint density at radius 1 is 0.420 bits per heavy atom. The fraction of sp³-hybridized carbons (Fsp3) is 0. The van der Waals surface area contributed by atoms with Crippen molar-refractivity contribution in [1.82, 2.24) is 4.98 Å². The summed E-state index contributed by atoms with van der Waals surface area (Å²) in [6.45, 7) is 0. The van der Waals surface area contributed by atoms with E-state index < -0.39 is 0 Å². The van der Waals surface area contributed by atoms with Crippen molar-refractivity contribution < 1.29 is 0 Å². The molecule has 0 N–H and O–H groups in total. The predicted molar refractivity (Wildman–Crippen MR) is 215 cm³/mol. The van der Waals surface area contributed by atoms with Crippen LogP contribution in [0, 0.1) is 0 Å². The lowest BCUT2D eigenvalue weighted by molar-refractivity contribution is 1.30. The first-order valence-corrected chi connectivity index (χ1v) is 17.8. The molecule has 50 heavy (non-hydrogen) atoms. The van der Waals surface area contributed by atoms with Gasteiger partial charge in [0.25, 0.3) is 0 Å². The molecule has 0 aliphatic carbocycles. The lowest BCUT2D eigenvalue weighted by Gasteiger charge is -2.27. The molecule has 3 heteroatoms. The molecule has 0 atom stereocenters. The van der Waals surface area contributed by atoms with Gasteiger partial charge in [-0.1, -0.05) is 121 Å². The summed E-state index contributed by atoms with van der Waals surface area (Å²) in [5, 5.41) is 10.1. The minimum absolute atomic E-state index is 1.06. The second kappa shape index (κ2) is 11.7. The first-order valence-electron chi connectivity index (χ1n) is 17.0. The van der Waals surface area contributed by atoms with Gasteiger partial charge >= 0.3 is 0 Å². The van der Waals surface area contributed by atoms with E-state index in [1.807, 2.05) is 12.3 Å². The Morgan fingerprint density at radius 2 is 1.06 bits per heavy atom. The Kier molecular flexibility index (Phi) is 6.71. The van der Waals surface area contributed by atoms with E-state index in [0.29, 0.717) is 0 Å². The minimum Gasteiger partial charge on any atom is -0.310 e. The van der Waals surface area contributed by atoms with Crippen molar-refractivity contribution >= 4 is 81.0 Å². The first-order chi connectivity index (χ1) is 24.8. The van der Waals surface area contributed by atoms with Gasteiger partial charge in [-0.15, -0.1) is 11.3 Å². The van der Waals surface area contributed by atoms with Gasteiger partial charge in [0, 0.05) is 33.0 Å². The number of anilines is 3. The summed E-state index contributed by atoms with van der Waals surface area (Å²) in [6.07, 6.45) is 1.88. The van der Waals surface area contributed by atoms with Crippen molar-refractivity contribution in [3.8, 4) is 22.3 Å². The van der Waals surface area contributed by atoms with Crippen LogP contribution in [0.1, 0.15) is 0 Å². The Hall–Kier alpha value is -6.29. The molecule has 8 aromatic carbocycles. The number of hydrogen-bond donors (Lipinski definition) is 0. The largest absolute Gasteiger partial charge is 0.310 e. The third-order valence-corrected chi connectivity index (χ3v) is 11.0. The smallest absolute Gasteiger partial charge is 0.124 e. The fourth-order valence-corrected chi connectivity index (χ4v) is 8.66. The van der Waals surface area contributed by atoms with Gasteiger partial charge in [0.1, 0.15) is 4.83 Å². The highest BCUT2D eigenvalue weighted by Crippen LogP contribution is 2.45. The third kappa shape index (κ3) is 4.67.